The van der Waals surface area contributed by atoms with Crippen LogP contribution >= 0.6 is 0 Å². The Hall–Kier alpha value is -2.31. The molecule has 2 saturated heterocycles. The zero-order valence-corrected chi connectivity index (χ0v) is 15.0. The van der Waals surface area contributed by atoms with Crippen molar-refractivity contribution < 1.29 is 9.53 Å². The van der Waals surface area contributed by atoms with E-state index in [1.807, 2.05) is 17.0 Å². The van der Waals surface area contributed by atoms with Crippen LogP contribution in [0.2, 0.25) is 0 Å². The summed E-state index contributed by atoms with van der Waals surface area (Å²) in [5, 5.41) is 0. The molecule has 1 atom stereocenters. The number of carbonyl (C=O) groups is 1. The zero-order valence-electron chi connectivity index (χ0n) is 15.0. The molecule has 0 N–H and O–H groups in total. The molecule has 0 bridgehead atoms. The number of pyridine rings is 2. The molecule has 0 unspecified atom stereocenters. The van der Waals surface area contributed by atoms with Gasteiger partial charge in [0.05, 0.1) is 18.8 Å². The summed E-state index contributed by atoms with van der Waals surface area (Å²) in [5.74, 6) is 0.615. The summed E-state index contributed by atoms with van der Waals surface area (Å²) < 4.78 is 5.92. The largest absolute Gasteiger partial charge is 0.376 e. The molecule has 136 valence electrons. The van der Waals surface area contributed by atoms with Crippen LogP contribution in [0.1, 0.15) is 22.3 Å². The van der Waals surface area contributed by atoms with Gasteiger partial charge in [-0.1, -0.05) is 0 Å². The van der Waals surface area contributed by atoms with Gasteiger partial charge in [0.2, 0.25) is 0 Å². The van der Waals surface area contributed by atoms with Crippen molar-refractivity contribution in [2.75, 3.05) is 33.3 Å². The Balaban J connectivity index is 1.27. The predicted octanol–water partition coefficient (Wildman–Crippen LogP) is 1.84. The highest BCUT2D eigenvalue weighted by atomic mass is 16.5. The predicted molar refractivity (Wildman–Crippen MR) is 97.5 cm³/mol. The number of likely N-dealkylation sites (tertiary alicyclic amines) is 2. The van der Waals surface area contributed by atoms with Crippen molar-refractivity contribution in [3.8, 4) is 0 Å². The van der Waals surface area contributed by atoms with Gasteiger partial charge in [-0.25, -0.2) is 0 Å². The van der Waals surface area contributed by atoms with Gasteiger partial charge in [0.1, 0.15) is 0 Å². The van der Waals surface area contributed by atoms with Gasteiger partial charge in [-0.3, -0.25) is 19.7 Å². The molecule has 1 amide bonds. The smallest absolute Gasteiger partial charge is 0.254 e. The molecule has 2 aliphatic heterocycles. The van der Waals surface area contributed by atoms with E-state index in [-0.39, 0.29) is 11.4 Å². The average Bonchev–Trinajstić information content (AvgIpc) is 2.98. The third-order valence-corrected chi connectivity index (χ3v) is 5.57. The van der Waals surface area contributed by atoms with Crippen LogP contribution in [0.5, 0.6) is 0 Å². The summed E-state index contributed by atoms with van der Waals surface area (Å²) in [7, 11) is 2.16. The molecule has 2 fully saturated rings. The van der Waals surface area contributed by atoms with E-state index in [0.29, 0.717) is 18.1 Å². The molecule has 2 aromatic heterocycles. The highest BCUT2D eigenvalue weighted by Gasteiger charge is 2.53. The number of rotatable bonds is 5. The Bertz CT molecular complexity index is 747. The van der Waals surface area contributed by atoms with E-state index in [9.17, 15) is 4.79 Å². The summed E-state index contributed by atoms with van der Waals surface area (Å²) in [6.07, 6.45) is 8.00. The third kappa shape index (κ3) is 3.34. The van der Waals surface area contributed by atoms with E-state index >= 15 is 0 Å². The number of carbonyl (C=O) groups excluding carboxylic acids is 1. The van der Waals surface area contributed by atoms with E-state index in [0.717, 1.165) is 38.2 Å². The van der Waals surface area contributed by atoms with E-state index < -0.39 is 0 Å². The fourth-order valence-electron chi connectivity index (χ4n) is 4.13. The molecular formula is C20H24N4O2. The lowest BCUT2D eigenvalue weighted by Crippen LogP contribution is -2.68. The molecule has 4 heterocycles. The lowest BCUT2D eigenvalue weighted by Gasteiger charge is -2.52. The number of hydrogen-bond donors (Lipinski definition) is 0. The van der Waals surface area contributed by atoms with E-state index in [2.05, 4.69) is 21.9 Å². The van der Waals surface area contributed by atoms with Gasteiger partial charge in [-0.2, -0.15) is 0 Å². The van der Waals surface area contributed by atoms with E-state index in [1.165, 1.54) is 0 Å². The fraction of sp³-hybridized carbons (Fsp3) is 0.450. The van der Waals surface area contributed by atoms with Gasteiger partial charge in [0.15, 0.2) is 0 Å². The maximum atomic E-state index is 12.5. The minimum absolute atomic E-state index is 0.101. The van der Waals surface area contributed by atoms with Crippen LogP contribution < -0.4 is 0 Å². The molecule has 0 saturated carbocycles. The summed E-state index contributed by atoms with van der Waals surface area (Å²) in [4.78, 5) is 24.9. The summed E-state index contributed by atoms with van der Waals surface area (Å²) >= 11 is 0. The maximum absolute atomic E-state index is 12.5. The molecule has 0 aliphatic carbocycles. The highest BCUT2D eigenvalue weighted by molar-refractivity contribution is 5.94. The minimum Gasteiger partial charge on any atom is -0.376 e. The summed E-state index contributed by atoms with van der Waals surface area (Å²) in [6.45, 7) is 4.00. The van der Waals surface area contributed by atoms with E-state index in [4.69, 9.17) is 4.74 Å². The SMILES string of the molecule is CN1C[C@@H](COCc2ccncc2)CC12CN(C(=O)c1ccncc1)C2. The number of nitrogens with zero attached hydrogens (tertiary/aromatic N) is 4. The van der Waals surface area contributed by atoms with Crippen LogP contribution in [0.15, 0.2) is 49.1 Å². The van der Waals surface area contributed by atoms with Gasteiger partial charge in [0, 0.05) is 50.0 Å². The molecule has 1 spiro atoms. The van der Waals surface area contributed by atoms with Gasteiger partial charge >= 0.3 is 0 Å². The molecule has 6 heteroatoms. The topological polar surface area (TPSA) is 58.6 Å². The highest BCUT2D eigenvalue weighted by Crippen LogP contribution is 2.40. The Morgan fingerprint density at radius 1 is 1.15 bits per heavy atom. The van der Waals surface area contributed by atoms with Gasteiger partial charge < -0.3 is 9.64 Å². The number of likely N-dealkylation sites (N-methyl/N-ethyl adjacent to an activating group) is 1. The summed E-state index contributed by atoms with van der Waals surface area (Å²) in [5.41, 5.74) is 1.99. The molecule has 26 heavy (non-hydrogen) atoms. The van der Waals surface area contributed by atoms with Crippen LogP contribution in [0.4, 0.5) is 0 Å². The number of aromatic nitrogens is 2. The fourth-order valence-corrected chi connectivity index (χ4v) is 4.13. The van der Waals surface area contributed by atoms with Crippen molar-refractivity contribution in [1.82, 2.24) is 19.8 Å². The normalized spacial score (nSPS) is 21.7. The van der Waals surface area contributed by atoms with Crippen LogP contribution in [-0.4, -0.2) is 64.5 Å². The summed E-state index contributed by atoms with van der Waals surface area (Å²) in [6, 6.07) is 7.52. The quantitative estimate of drug-likeness (QED) is 0.822. The number of ether oxygens (including phenoxy) is 1. The van der Waals surface area contributed by atoms with Crippen molar-refractivity contribution >= 4 is 5.91 Å². The standard InChI is InChI=1S/C20H24N4O2/c1-23-11-17(13-26-12-16-2-6-21-7-3-16)10-20(23)14-24(15-20)19(25)18-4-8-22-9-5-18/h2-9,17H,10-15H2,1H3/t17-/m0/s1. The third-order valence-electron chi connectivity index (χ3n) is 5.57. The van der Waals surface area contributed by atoms with Crippen LogP contribution in [-0.2, 0) is 11.3 Å². The van der Waals surface area contributed by atoms with Crippen molar-refractivity contribution in [3.63, 3.8) is 0 Å². The molecule has 4 rings (SSSR count). The molecule has 0 aromatic carbocycles. The van der Waals surface area contributed by atoms with Crippen molar-refractivity contribution in [3.05, 3.63) is 60.2 Å². The Labute approximate surface area is 153 Å². The molecular weight excluding hydrogens is 328 g/mol. The van der Waals surface area contributed by atoms with Crippen molar-refractivity contribution in [2.45, 2.75) is 18.6 Å². The van der Waals surface area contributed by atoms with Gasteiger partial charge in [-0.15, -0.1) is 0 Å². The first-order valence-corrected chi connectivity index (χ1v) is 9.03. The molecule has 2 aromatic rings. The average molecular weight is 352 g/mol. The first-order chi connectivity index (χ1) is 12.7. The Morgan fingerprint density at radius 2 is 1.81 bits per heavy atom. The molecule has 0 radical (unpaired) electrons. The Morgan fingerprint density at radius 3 is 2.50 bits per heavy atom. The number of hydrogen-bond acceptors (Lipinski definition) is 5. The van der Waals surface area contributed by atoms with Crippen molar-refractivity contribution in [1.29, 1.82) is 0 Å². The maximum Gasteiger partial charge on any atom is 0.254 e. The molecule has 2 aliphatic rings. The van der Waals surface area contributed by atoms with Crippen molar-refractivity contribution in [2.24, 2.45) is 5.92 Å². The van der Waals surface area contributed by atoms with Crippen LogP contribution in [0, 0.1) is 5.92 Å². The van der Waals surface area contributed by atoms with E-state index in [1.54, 1.807) is 36.9 Å². The lowest BCUT2D eigenvalue weighted by atomic mass is 9.84. The second kappa shape index (κ2) is 7.13. The van der Waals surface area contributed by atoms with Gasteiger partial charge in [0.25, 0.3) is 5.91 Å². The van der Waals surface area contributed by atoms with Crippen LogP contribution in [0.3, 0.4) is 0 Å². The monoisotopic (exact) mass is 352 g/mol. The zero-order chi connectivity index (χ0) is 18.0. The second-order valence-electron chi connectivity index (χ2n) is 7.44. The number of amides is 1. The first-order valence-electron chi connectivity index (χ1n) is 9.03. The lowest BCUT2D eigenvalue weighted by molar-refractivity contribution is -0.00805. The Kier molecular flexibility index (Phi) is 4.70. The van der Waals surface area contributed by atoms with Gasteiger partial charge in [-0.05, 0) is 49.2 Å². The second-order valence-corrected chi connectivity index (χ2v) is 7.44. The molecule has 6 nitrogen and oxygen atoms in total. The minimum atomic E-state index is 0.101. The van der Waals surface area contributed by atoms with Crippen LogP contribution in [0.25, 0.3) is 0 Å². The first kappa shape index (κ1) is 17.1.